The SMILES string of the molecule is CC(C)(C)NC(C)(C)c1cn(CC2CCNC(=O)CC2)nn1. The Labute approximate surface area is 133 Å². The van der Waals surface area contributed by atoms with E-state index in [1.165, 1.54) is 0 Å². The summed E-state index contributed by atoms with van der Waals surface area (Å²) >= 11 is 0. The molecule has 1 saturated heterocycles. The van der Waals surface area contributed by atoms with Crippen molar-refractivity contribution in [1.82, 2.24) is 25.6 Å². The lowest BCUT2D eigenvalue weighted by Gasteiger charge is -2.33. The second kappa shape index (κ2) is 6.36. The highest BCUT2D eigenvalue weighted by molar-refractivity contribution is 5.76. The van der Waals surface area contributed by atoms with Crippen LogP contribution in [0.15, 0.2) is 6.20 Å². The number of carbonyl (C=O) groups is 1. The molecule has 1 atom stereocenters. The maximum Gasteiger partial charge on any atom is 0.220 e. The van der Waals surface area contributed by atoms with Crippen molar-refractivity contribution in [3.63, 3.8) is 0 Å². The van der Waals surface area contributed by atoms with Crippen molar-refractivity contribution >= 4 is 5.91 Å². The van der Waals surface area contributed by atoms with Gasteiger partial charge >= 0.3 is 0 Å². The van der Waals surface area contributed by atoms with Crippen LogP contribution in [0.4, 0.5) is 0 Å². The fourth-order valence-corrected chi connectivity index (χ4v) is 3.11. The van der Waals surface area contributed by atoms with Gasteiger partial charge in [-0.1, -0.05) is 5.21 Å². The average molecular weight is 307 g/mol. The zero-order valence-electron chi connectivity index (χ0n) is 14.4. The Kier molecular flexibility index (Phi) is 4.90. The first-order valence-corrected chi connectivity index (χ1v) is 8.12. The molecular formula is C16H29N5O. The fourth-order valence-electron chi connectivity index (χ4n) is 3.11. The summed E-state index contributed by atoms with van der Waals surface area (Å²) in [4.78, 5) is 11.4. The van der Waals surface area contributed by atoms with Gasteiger partial charge in [0.15, 0.2) is 0 Å². The Hall–Kier alpha value is -1.43. The van der Waals surface area contributed by atoms with Crippen molar-refractivity contribution in [3.05, 3.63) is 11.9 Å². The Morgan fingerprint density at radius 1 is 1.32 bits per heavy atom. The number of hydrogen-bond donors (Lipinski definition) is 2. The van der Waals surface area contributed by atoms with Gasteiger partial charge < -0.3 is 10.6 Å². The standard InChI is InChI=1S/C16H29N5O/c1-15(2,3)19-16(4,5)13-11-21(20-18-13)10-12-6-7-14(22)17-9-8-12/h11-12,19H,6-10H2,1-5H3,(H,17,22). The molecule has 1 unspecified atom stereocenters. The van der Waals surface area contributed by atoms with E-state index >= 15 is 0 Å². The van der Waals surface area contributed by atoms with E-state index in [1.54, 1.807) is 0 Å². The van der Waals surface area contributed by atoms with Crippen LogP contribution in [0.2, 0.25) is 0 Å². The zero-order valence-corrected chi connectivity index (χ0v) is 14.4. The number of aromatic nitrogens is 3. The minimum atomic E-state index is -0.225. The van der Waals surface area contributed by atoms with E-state index in [0.717, 1.165) is 31.6 Å². The van der Waals surface area contributed by atoms with Gasteiger partial charge in [0, 0.05) is 25.0 Å². The third-order valence-corrected chi connectivity index (χ3v) is 3.97. The van der Waals surface area contributed by atoms with E-state index in [0.29, 0.717) is 12.3 Å². The second-order valence-corrected chi connectivity index (χ2v) is 7.87. The van der Waals surface area contributed by atoms with E-state index < -0.39 is 0 Å². The largest absolute Gasteiger partial charge is 0.356 e. The predicted octanol–water partition coefficient (Wildman–Crippen LogP) is 1.82. The summed E-state index contributed by atoms with van der Waals surface area (Å²) < 4.78 is 1.92. The molecule has 2 rings (SSSR count). The van der Waals surface area contributed by atoms with Crippen LogP contribution in [0.5, 0.6) is 0 Å². The number of carbonyl (C=O) groups excluding carboxylic acids is 1. The predicted molar refractivity (Wildman–Crippen MR) is 86.3 cm³/mol. The number of hydrogen-bond acceptors (Lipinski definition) is 4. The quantitative estimate of drug-likeness (QED) is 0.890. The van der Waals surface area contributed by atoms with Crippen LogP contribution in [0.3, 0.4) is 0 Å². The van der Waals surface area contributed by atoms with E-state index in [-0.39, 0.29) is 17.0 Å². The minimum Gasteiger partial charge on any atom is -0.356 e. The van der Waals surface area contributed by atoms with Crippen molar-refractivity contribution in [1.29, 1.82) is 0 Å². The lowest BCUT2D eigenvalue weighted by atomic mass is 9.96. The first-order chi connectivity index (χ1) is 10.2. The average Bonchev–Trinajstić information content (AvgIpc) is 2.73. The van der Waals surface area contributed by atoms with E-state index in [4.69, 9.17) is 0 Å². The van der Waals surface area contributed by atoms with Crippen molar-refractivity contribution in [3.8, 4) is 0 Å². The van der Waals surface area contributed by atoms with Gasteiger partial charge in [-0.3, -0.25) is 9.48 Å². The van der Waals surface area contributed by atoms with Crippen LogP contribution in [-0.4, -0.2) is 33.0 Å². The third kappa shape index (κ3) is 4.80. The number of nitrogens with zero attached hydrogens (tertiary/aromatic N) is 3. The van der Waals surface area contributed by atoms with Gasteiger partial charge in [0.05, 0.1) is 11.7 Å². The second-order valence-electron chi connectivity index (χ2n) is 7.87. The van der Waals surface area contributed by atoms with Crippen molar-refractivity contribution in [2.24, 2.45) is 5.92 Å². The molecule has 6 nitrogen and oxygen atoms in total. The minimum absolute atomic E-state index is 0.0145. The lowest BCUT2D eigenvalue weighted by Crippen LogP contribution is -2.48. The first kappa shape index (κ1) is 16.9. The molecule has 124 valence electrons. The number of rotatable bonds is 4. The molecule has 1 fully saturated rings. The van der Waals surface area contributed by atoms with Crippen LogP contribution >= 0.6 is 0 Å². The molecule has 2 heterocycles. The van der Waals surface area contributed by atoms with Crippen molar-refractivity contribution < 1.29 is 4.79 Å². The lowest BCUT2D eigenvalue weighted by molar-refractivity contribution is -0.120. The van der Waals surface area contributed by atoms with Crippen molar-refractivity contribution in [2.45, 2.75) is 71.5 Å². The summed E-state index contributed by atoms with van der Waals surface area (Å²) in [6.07, 6.45) is 4.57. The molecule has 2 N–H and O–H groups in total. The van der Waals surface area contributed by atoms with E-state index in [9.17, 15) is 4.79 Å². The molecule has 0 aromatic carbocycles. The summed E-state index contributed by atoms with van der Waals surface area (Å²) in [5, 5.41) is 15.1. The molecule has 0 aliphatic carbocycles. The van der Waals surface area contributed by atoms with Gasteiger partial charge in [-0.15, -0.1) is 5.10 Å². The highest BCUT2D eigenvalue weighted by Gasteiger charge is 2.29. The van der Waals surface area contributed by atoms with Crippen LogP contribution in [0.1, 0.15) is 59.6 Å². The normalized spacial score (nSPS) is 20.6. The van der Waals surface area contributed by atoms with Crippen LogP contribution < -0.4 is 10.6 Å². The fraction of sp³-hybridized carbons (Fsp3) is 0.812. The summed E-state index contributed by atoms with van der Waals surface area (Å²) in [5.41, 5.74) is 0.739. The van der Waals surface area contributed by atoms with Gasteiger partial charge in [-0.2, -0.15) is 0 Å². The van der Waals surface area contributed by atoms with Gasteiger partial charge in [-0.25, -0.2) is 0 Å². The maximum absolute atomic E-state index is 11.4. The molecule has 0 spiro atoms. The number of amides is 1. The Bertz CT molecular complexity index is 515. The van der Waals surface area contributed by atoms with E-state index in [1.807, 2.05) is 10.9 Å². The summed E-state index contributed by atoms with van der Waals surface area (Å²) in [6, 6.07) is 0. The van der Waals surface area contributed by atoms with Crippen LogP contribution in [-0.2, 0) is 16.9 Å². The van der Waals surface area contributed by atoms with E-state index in [2.05, 4.69) is 55.6 Å². The van der Waals surface area contributed by atoms with Crippen molar-refractivity contribution in [2.75, 3.05) is 6.54 Å². The smallest absolute Gasteiger partial charge is 0.220 e. The molecule has 1 aromatic rings. The van der Waals surface area contributed by atoms with Gasteiger partial charge in [-0.05, 0) is 53.4 Å². The van der Waals surface area contributed by atoms with Gasteiger partial charge in [0.1, 0.15) is 5.69 Å². The Morgan fingerprint density at radius 2 is 2.05 bits per heavy atom. The molecule has 22 heavy (non-hydrogen) atoms. The highest BCUT2D eigenvalue weighted by Crippen LogP contribution is 2.22. The van der Waals surface area contributed by atoms with Crippen LogP contribution in [0.25, 0.3) is 0 Å². The zero-order chi connectivity index (χ0) is 16.4. The summed E-state index contributed by atoms with van der Waals surface area (Å²) in [6.45, 7) is 12.3. The Morgan fingerprint density at radius 3 is 2.73 bits per heavy atom. The molecule has 0 saturated carbocycles. The summed E-state index contributed by atoms with van der Waals surface area (Å²) in [7, 11) is 0. The van der Waals surface area contributed by atoms with Gasteiger partial charge in [0.25, 0.3) is 0 Å². The molecule has 6 heteroatoms. The molecule has 0 bridgehead atoms. The molecule has 1 amide bonds. The third-order valence-electron chi connectivity index (χ3n) is 3.97. The van der Waals surface area contributed by atoms with Gasteiger partial charge in [0.2, 0.25) is 5.91 Å². The monoisotopic (exact) mass is 307 g/mol. The number of nitrogens with one attached hydrogen (secondary N) is 2. The molecule has 1 aromatic heterocycles. The highest BCUT2D eigenvalue weighted by atomic mass is 16.1. The maximum atomic E-state index is 11.4. The molecule has 1 aliphatic rings. The molecular weight excluding hydrogens is 278 g/mol. The Balaban J connectivity index is 2.00. The first-order valence-electron chi connectivity index (χ1n) is 8.12. The molecule has 1 aliphatic heterocycles. The summed E-state index contributed by atoms with van der Waals surface area (Å²) in [5.74, 6) is 0.643. The topological polar surface area (TPSA) is 71.8 Å². The molecule has 0 radical (unpaired) electrons. The van der Waals surface area contributed by atoms with Crippen LogP contribution in [0, 0.1) is 5.92 Å².